The molecule has 3 nitrogen and oxygen atoms in total. The molecule has 2 aromatic rings. The van der Waals surface area contributed by atoms with Crippen LogP contribution in [-0.4, -0.2) is 35.4 Å². The molecule has 1 aliphatic rings. The Hall–Kier alpha value is -1.96. The average Bonchev–Trinajstić information content (AvgIpc) is 2.69. The van der Waals surface area contributed by atoms with Crippen LogP contribution in [0.3, 0.4) is 0 Å². The minimum atomic E-state index is -4.44. The summed E-state index contributed by atoms with van der Waals surface area (Å²) in [6.45, 7) is 1.74. The number of carbonyl (C=O) groups excluding carboxylic acids is 1. The van der Waals surface area contributed by atoms with Crippen molar-refractivity contribution in [2.45, 2.75) is 37.5 Å². The van der Waals surface area contributed by atoms with E-state index < -0.39 is 17.3 Å². The minimum absolute atomic E-state index is 0. The van der Waals surface area contributed by atoms with E-state index in [-0.39, 0.29) is 24.0 Å². The fourth-order valence-electron chi connectivity index (χ4n) is 3.66. The Labute approximate surface area is 179 Å². The number of hydrogen-bond acceptors (Lipinski definition) is 3. The van der Waals surface area contributed by atoms with Crippen molar-refractivity contribution in [1.82, 2.24) is 4.90 Å². The van der Waals surface area contributed by atoms with E-state index in [2.05, 4.69) is 4.90 Å². The molecule has 0 saturated carbocycles. The van der Waals surface area contributed by atoms with Gasteiger partial charge >= 0.3 is 6.18 Å². The molecule has 0 atom stereocenters. The molecule has 3 rings (SSSR count). The quantitative estimate of drug-likeness (QED) is 0.545. The number of piperidine rings is 1. The number of aliphatic hydroxyl groups is 1. The van der Waals surface area contributed by atoms with E-state index in [4.69, 9.17) is 0 Å². The number of rotatable bonds is 6. The van der Waals surface area contributed by atoms with E-state index in [0.29, 0.717) is 56.4 Å². The van der Waals surface area contributed by atoms with Gasteiger partial charge in [-0.1, -0.05) is 12.1 Å². The van der Waals surface area contributed by atoms with E-state index in [1.165, 1.54) is 36.4 Å². The van der Waals surface area contributed by atoms with Crippen LogP contribution in [0.25, 0.3) is 0 Å². The van der Waals surface area contributed by atoms with Crippen molar-refractivity contribution in [2.24, 2.45) is 0 Å². The maximum absolute atomic E-state index is 12.9. The van der Waals surface area contributed by atoms with Crippen LogP contribution < -0.4 is 12.4 Å². The Bertz CT molecular complexity index is 847. The smallest absolute Gasteiger partial charge is 0.416 e. The van der Waals surface area contributed by atoms with Crippen LogP contribution in [0.1, 0.15) is 47.2 Å². The molecular weight excluding hydrogens is 422 g/mol. The number of likely N-dealkylation sites (tertiary alicyclic amines) is 1. The lowest BCUT2D eigenvalue weighted by Crippen LogP contribution is -3.00. The summed E-state index contributed by atoms with van der Waals surface area (Å²) >= 11 is 0. The second kappa shape index (κ2) is 9.90. The predicted molar refractivity (Wildman–Crippen MR) is 101 cm³/mol. The first kappa shape index (κ1) is 24.3. The van der Waals surface area contributed by atoms with Crippen LogP contribution in [-0.2, 0) is 11.8 Å². The maximum atomic E-state index is 12.9. The number of benzene rings is 2. The number of alkyl halides is 3. The predicted octanol–water partition coefficient (Wildman–Crippen LogP) is 1.79. The van der Waals surface area contributed by atoms with E-state index in [1.54, 1.807) is 0 Å². The first-order chi connectivity index (χ1) is 13.7. The molecule has 0 amide bonds. The molecule has 164 valence electrons. The standard InChI is InChI=1S/C22H23F4NO2.ClH/c23-19-8-6-16(7-9-19)20(28)5-2-12-27-13-10-21(29,11-14-27)17-3-1-4-18(15-17)22(24,25)26;/h1,3-4,6-9,15,29H,2,5,10-14H2;1H/p-1. The maximum Gasteiger partial charge on any atom is 0.416 e. The van der Waals surface area contributed by atoms with Gasteiger partial charge in [0, 0.05) is 25.1 Å². The zero-order chi connectivity index (χ0) is 21.1. The van der Waals surface area contributed by atoms with Gasteiger partial charge in [0.15, 0.2) is 5.78 Å². The second-order valence-corrected chi connectivity index (χ2v) is 7.49. The summed E-state index contributed by atoms with van der Waals surface area (Å²) in [5.74, 6) is -0.439. The van der Waals surface area contributed by atoms with Crippen LogP contribution in [0.2, 0.25) is 0 Å². The summed E-state index contributed by atoms with van der Waals surface area (Å²) in [7, 11) is 0. The van der Waals surface area contributed by atoms with Crippen LogP contribution >= 0.6 is 0 Å². The molecule has 0 bridgehead atoms. The summed E-state index contributed by atoms with van der Waals surface area (Å²) < 4.78 is 51.7. The molecule has 1 heterocycles. The number of hydrogen-bond donors (Lipinski definition) is 1. The molecule has 0 unspecified atom stereocenters. The molecular formula is C22H23ClF4NO2-. The lowest BCUT2D eigenvalue weighted by atomic mass is 9.83. The minimum Gasteiger partial charge on any atom is -1.00 e. The molecule has 2 aromatic carbocycles. The summed E-state index contributed by atoms with van der Waals surface area (Å²) in [6, 6.07) is 10.3. The van der Waals surface area contributed by atoms with Crippen LogP contribution in [0.5, 0.6) is 0 Å². The third-order valence-electron chi connectivity index (χ3n) is 5.45. The Morgan fingerprint density at radius 3 is 2.30 bits per heavy atom. The zero-order valence-corrected chi connectivity index (χ0v) is 17.0. The molecule has 1 saturated heterocycles. The van der Waals surface area contributed by atoms with E-state index in [0.717, 1.165) is 12.1 Å². The second-order valence-electron chi connectivity index (χ2n) is 7.49. The molecule has 0 aliphatic carbocycles. The molecule has 0 radical (unpaired) electrons. The van der Waals surface area contributed by atoms with E-state index in [9.17, 15) is 27.5 Å². The van der Waals surface area contributed by atoms with Gasteiger partial charge in [-0.25, -0.2) is 4.39 Å². The Morgan fingerprint density at radius 1 is 1.07 bits per heavy atom. The highest BCUT2D eigenvalue weighted by Gasteiger charge is 2.36. The van der Waals surface area contributed by atoms with Crippen molar-refractivity contribution in [1.29, 1.82) is 0 Å². The summed E-state index contributed by atoms with van der Waals surface area (Å²) in [4.78, 5) is 14.2. The van der Waals surface area contributed by atoms with Crippen molar-refractivity contribution in [3.05, 3.63) is 71.0 Å². The summed E-state index contributed by atoms with van der Waals surface area (Å²) in [5.41, 5.74) is -1.27. The third kappa shape index (κ3) is 6.03. The average molecular weight is 445 g/mol. The van der Waals surface area contributed by atoms with Gasteiger partial charge in [0.05, 0.1) is 11.2 Å². The first-order valence-corrected chi connectivity index (χ1v) is 9.59. The van der Waals surface area contributed by atoms with Crippen LogP contribution in [0, 0.1) is 5.82 Å². The Kier molecular flexibility index (Phi) is 8.02. The summed E-state index contributed by atoms with van der Waals surface area (Å²) in [6.07, 6.45) is -2.82. The lowest BCUT2D eigenvalue weighted by Gasteiger charge is -2.38. The van der Waals surface area contributed by atoms with Gasteiger partial charge < -0.3 is 22.4 Å². The van der Waals surface area contributed by atoms with Crippen molar-refractivity contribution >= 4 is 5.78 Å². The topological polar surface area (TPSA) is 40.5 Å². The number of ketones is 1. The van der Waals surface area contributed by atoms with Crippen molar-refractivity contribution in [3.63, 3.8) is 0 Å². The fourth-order valence-corrected chi connectivity index (χ4v) is 3.66. The molecule has 1 N–H and O–H groups in total. The lowest BCUT2D eigenvalue weighted by molar-refractivity contribution is -0.137. The number of Topliss-reactive ketones (excluding diaryl/α,β-unsaturated/α-hetero) is 1. The third-order valence-corrected chi connectivity index (χ3v) is 5.45. The van der Waals surface area contributed by atoms with Gasteiger partial charge in [-0.3, -0.25) is 4.79 Å². The van der Waals surface area contributed by atoms with E-state index >= 15 is 0 Å². The normalized spacial score (nSPS) is 16.7. The van der Waals surface area contributed by atoms with Gasteiger partial charge in [-0.05, 0) is 67.8 Å². The Morgan fingerprint density at radius 2 is 1.70 bits per heavy atom. The van der Waals surface area contributed by atoms with Gasteiger partial charge in [-0.15, -0.1) is 0 Å². The summed E-state index contributed by atoms with van der Waals surface area (Å²) in [5, 5.41) is 10.9. The molecule has 1 aliphatic heterocycles. The van der Waals surface area contributed by atoms with Crippen LogP contribution in [0.15, 0.2) is 48.5 Å². The van der Waals surface area contributed by atoms with Gasteiger partial charge in [0.2, 0.25) is 0 Å². The van der Waals surface area contributed by atoms with E-state index in [1.807, 2.05) is 0 Å². The number of halogens is 5. The number of carbonyl (C=O) groups is 1. The van der Waals surface area contributed by atoms with Crippen molar-refractivity contribution < 1.29 is 39.9 Å². The first-order valence-electron chi connectivity index (χ1n) is 9.59. The zero-order valence-electron chi connectivity index (χ0n) is 16.3. The SMILES string of the molecule is O=C(CCCN1CCC(O)(c2cccc(C(F)(F)F)c2)CC1)c1ccc(F)cc1.[Cl-]. The highest BCUT2D eigenvalue weighted by Crippen LogP contribution is 2.36. The number of nitrogens with zero attached hydrogens (tertiary/aromatic N) is 1. The Balaban J connectivity index is 0.00000320. The van der Waals surface area contributed by atoms with Crippen LogP contribution in [0.4, 0.5) is 17.6 Å². The van der Waals surface area contributed by atoms with Gasteiger partial charge in [-0.2, -0.15) is 13.2 Å². The monoisotopic (exact) mass is 444 g/mol. The van der Waals surface area contributed by atoms with Gasteiger partial charge in [0.1, 0.15) is 5.82 Å². The van der Waals surface area contributed by atoms with Crippen molar-refractivity contribution in [2.75, 3.05) is 19.6 Å². The largest absolute Gasteiger partial charge is 1.00 e. The molecule has 0 spiro atoms. The fraction of sp³-hybridized carbons (Fsp3) is 0.409. The van der Waals surface area contributed by atoms with Gasteiger partial charge in [0.25, 0.3) is 0 Å². The molecule has 1 fully saturated rings. The van der Waals surface area contributed by atoms with Crippen molar-refractivity contribution in [3.8, 4) is 0 Å². The molecule has 0 aromatic heterocycles. The molecule has 30 heavy (non-hydrogen) atoms. The highest BCUT2D eigenvalue weighted by molar-refractivity contribution is 5.95. The highest BCUT2D eigenvalue weighted by atomic mass is 35.5. The molecule has 8 heteroatoms.